The highest BCUT2D eigenvalue weighted by atomic mass is 79.9. The highest BCUT2D eigenvalue weighted by molar-refractivity contribution is 9.10. The minimum atomic E-state index is -0.389. The SMILES string of the molecule is CC(Cl)c1nc2cc(Br)c(F)cc2n1-c1ccc(F)cc1. The third-order valence-electron chi connectivity index (χ3n) is 3.16. The van der Waals surface area contributed by atoms with Crippen LogP contribution in [0.2, 0.25) is 0 Å². The van der Waals surface area contributed by atoms with E-state index in [0.29, 0.717) is 27.0 Å². The zero-order valence-electron chi connectivity index (χ0n) is 10.9. The monoisotopic (exact) mass is 370 g/mol. The first-order chi connectivity index (χ1) is 9.97. The van der Waals surface area contributed by atoms with E-state index in [4.69, 9.17) is 11.6 Å². The number of fused-ring (bicyclic) bond motifs is 1. The maximum absolute atomic E-state index is 13.8. The van der Waals surface area contributed by atoms with E-state index in [1.807, 2.05) is 0 Å². The van der Waals surface area contributed by atoms with Gasteiger partial charge in [0.2, 0.25) is 0 Å². The van der Waals surface area contributed by atoms with Gasteiger partial charge in [0.25, 0.3) is 0 Å². The average Bonchev–Trinajstić information content (AvgIpc) is 2.79. The summed E-state index contributed by atoms with van der Waals surface area (Å²) in [7, 11) is 0. The van der Waals surface area contributed by atoms with Crippen LogP contribution in [0.5, 0.6) is 0 Å². The van der Waals surface area contributed by atoms with Gasteiger partial charge in [-0.05, 0) is 53.2 Å². The van der Waals surface area contributed by atoms with Crippen LogP contribution in [0.4, 0.5) is 8.78 Å². The van der Waals surface area contributed by atoms with Crippen LogP contribution >= 0.6 is 27.5 Å². The second-order valence-electron chi connectivity index (χ2n) is 4.65. The lowest BCUT2D eigenvalue weighted by Crippen LogP contribution is -2.02. The molecule has 0 saturated heterocycles. The summed E-state index contributed by atoms with van der Waals surface area (Å²) in [6.45, 7) is 1.79. The zero-order valence-corrected chi connectivity index (χ0v) is 13.3. The van der Waals surface area contributed by atoms with E-state index in [2.05, 4.69) is 20.9 Å². The van der Waals surface area contributed by atoms with Crippen molar-refractivity contribution in [3.05, 3.63) is 58.3 Å². The van der Waals surface area contributed by atoms with Crippen molar-refractivity contribution in [1.29, 1.82) is 0 Å². The molecular weight excluding hydrogens is 362 g/mol. The Morgan fingerprint density at radius 3 is 2.48 bits per heavy atom. The van der Waals surface area contributed by atoms with Gasteiger partial charge in [-0.15, -0.1) is 11.6 Å². The van der Waals surface area contributed by atoms with Crippen molar-refractivity contribution >= 4 is 38.6 Å². The molecule has 1 atom stereocenters. The molecule has 2 nitrogen and oxygen atoms in total. The maximum atomic E-state index is 13.8. The van der Waals surface area contributed by atoms with Gasteiger partial charge in [0.15, 0.2) is 0 Å². The van der Waals surface area contributed by atoms with E-state index in [-0.39, 0.29) is 17.0 Å². The summed E-state index contributed by atoms with van der Waals surface area (Å²) in [5, 5.41) is -0.371. The fourth-order valence-electron chi connectivity index (χ4n) is 2.22. The molecule has 0 radical (unpaired) electrons. The van der Waals surface area contributed by atoms with E-state index in [1.165, 1.54) is 18.2 Å². The van der Waals surface area contributed by atoms with Gasteiger partial charge in [-0.25, -0.2) is 13.8 Å². The quantitative estimate of drug-likeness (QED) is 0.554. The minimum Gasteiger partial charge on any atom is -0.295 e. The van der Waals surface area contributed by atoms with Gasteiger partial charge in [0, 0.05) is 11.8 Å². The Morgan fingerprint density at radius 2 is 1.86 bits per heavy atom. The average molecular weight is 372 g/mol. The smallest absolute Gasteiger partial charge is 0.139 e. The van der Waals surface area contributed by atoms with Gasteiger partial charge < -0.3 is 0 Å². The summed E-state index contributed by atoms with van der Waals surface area (Å²) >= 11 is 9.32. The number of aromatic nitrogens is 2. The first-order valence-electron chi connectivity index (χ1n) is 6.25. The summed E-state index contributed by atoms with van der Waals surface area (Å²) in [6, 6.07) is 8.91. The lowest BCUT2D eigenvalue weighted by molar-refractivity contribution is 0.622. The molecule has 1 aromatic heterocycles. The Hall–Kier alpha value is -1.46. The third kappa shape index (κ3) is 2.56. The Bertz CT molecular complexity index is 813. The molecule has 2 aromatic carbocycles. The second kappa shape index (κ2) is 5.39. The van der Waals surface area contributed by atoms with Gasteiger partial charge in [0.05, 0.1) is 20.9 Å². The summed E-state index contributed by atoms with van der Waals surface area (Å²) in [6.07, 6.45) is 0. The number of hydrogen-bond acceptors (Lipinski definition) is 1. The third-order valence-corrected chi connectivity index (χ3v) is 3.97. The molecule has 3 aromatic rings. The summed E-state index contributed by atoms with van der Waals surface area (Å²) in [5.74, 6) is -0.145. The molecule has 0 amide bonds. The number of rotatable bonds is 2. The van der Waals surface area contributed by atoms with Crippen molar-refractivity contribution in [3.63, 3.8) is 0 Å². The number of benzene rings is 2. The molecule has 108 valence electrons. The molecule has 0 spiro atoms. The van der Waals surface area contributed by atoms with E-state index >= 15 is 0 Å². The fourth-order valence-corrected chi connectivity index (χ4v) is 2.70. The summed E-state index contributed by atoms with van der Waals surface area (Å²) in [5.41, 5.74) is 1.89. The van der Waals surface area contributed by atoms with E-state index in [9.17, 15) is 8.78 Å². The molecule has 21 heavy (non-hydrogen) atoms. The number of nitrogens with zero attached hydrogens (tertiary/aromatic N) is 2. The van der Waals surface area contributed by atoms with E-state index in [1.54, 1.807) is 29.7 Å². The predicted molar refractivity (Wildman–Crippen MR) is 83.0 cm³/mol. The summed E-state index contributed by atoms with van der Waals surface area (Å²) in [4.78, 5) is 4.45. The predicted octanol–water partition coefficient (Wildman–Crippen LogP) is 5.37. The van der Waals surface area contributed by atoms with Crippen LogP contribution in [0.25, 0.3) is 16.7 Å². The van der Waals surface area contributed by atoms with Gasteiger partial charge in [-0.3, -0.25) is 4.57 Å². The van der Waals surface area contributed by atoms with Crippen molar-refractivity contribution in [2.24, 2.45) is 0 Å². The van der Waals surface area contributed by atoms with Crippen molar-refractivity contribution < 1.29 is 8.78 Å². The second-order valence-corrected chi connectivity index (χ2v) is 6.16. The molecule has 0 bridgehead atoms. The van der Waals surface area contributed by atoms with Crippen molar-refractivity contribution in [2.75, 3.05) is 0 Å². The lowest BCUT2D eigenvalue weighted by atomic mass is 10.2. The van der Waals surface area contributed by atoms with Crippen molar-refractivity contribution in [3.8, 4) is 5.69 Å². The van der Waals surface area contributed by atoms with E-state index in [0.717, 1.165) is 0 Å². The highest BCUT2D eigenvalue weighted by Gasteiger charge is 2.18. The number of alkyl halides is 1. The Kier molecular flexibility index (Phi) is 3.71. The highest BCUT2D eigenvalue weighted by Crippen LogP contribution is 2.31. The van der Waals surface area contributed by atoms with Gasteiger partial charge in [-0.2, -0.15) is 0 Å². The molecule has 0 aliphatic rings. The Labute approximate surface area is 133 Å². The molecule has 1 unspecified atom stereocenters. The lowest BCUT2D eigenvalue weighted by Gasteiger charge is -2.10. The largest absolute Gasteiger partial charge is 0.295 e. The van der Waals surface area contributed by atoms with E-state index < -0.39 is 0 Å². The van der Waals surface area contributed by atoms with Crippen LogP contribution in [0, 0.1) is 11.6 Å². The molecule has 0 aliphatic heterocycles. The van der Waals surface area contributed by atoms with Crippen LogP contribution in [-0.2, 0) is 0 Å². The number of halogens is 4. The van der Waals surface area contributed by atoms with Crippen LogP contribution in [0.15, 0.2) is 40.9 Å². The zero-order chi connectivity index (χ0) is 15.1. The molecule has 3 rings (SSSR count). The molecular formula is C15H10BrClF2N2. The van der Waals surface area contributed by atoms with Crippen LogP contribution in [-0.4, -0.2) is 9.55 Å². The van der Waals surface area contributed by atoms with Gasteiger partial charge >= 0.3 is 0 Å². The first-order valence-corrected chi connectivity index (χ1v) is 7.47. The maximum Gasteiger partial charge on any atom is 0.139 e. The molecule has 0 aliphatic carbocycles. The number of imidazole rings is 1. The Balaban J connectivity index is 2.35. The molecule has 0 saturated carbocycles. The molecule has 0 N–H and O–H groups in total. The van der Waals surface area contributed by atoms with Crippen molar-refractivity contribution in [1.82, 2.24) is 9.55 Å². The molecule has 0 fully saturated rings. The fraction of sp³-hybridized carbons (Fsp3) is 0.133. The molecule has 1 heterocycles. The van der Waals surface area contributed by atoms with Gasteiger partial charge in [-0.1, -0.05) is 0 Å². The summed E-state index contributed by atoms with van der Waals surface area (Å²) < 4.78 is 29.0. The topological polar surface area (TPSA) is 17.8 Å². The minimum absolute atomic E-state index is 0.336. The van der Waals surface area contributed by atoms with Crippen LogP contribution < -0.4 is 0 Å². The standard InChI is InChI=1S/C15H10BrClF2N2/c1-8(17)15-20-13-6-11(16)12(19)7-14(13)21(15)10-4-2-9(18)3-5-10/h2-8H,1H3. The molecule has 6 heteroatoms. The first kappa shape index (κ1) is 14.5. The van der Waals surface area contributed by atoms with Crippen LogP contribution in [0.3, 0.4) is 0 Å². The van der Waals surface area contributed by atoms with Gasteiger partial charge in [0.1, 0.15) is 17.5 Å². The normalized spacial score (nSPS) is 12.8. The van der Waals surface area contributed by atoms with Crippen LogP contribution in [0.1, 0.15) is 18.1 Å². The Morgan fingerprint density at radius 1 is 1.19 bits per heavy atom. The number of hydrogen-bond donors (Lipinski definition) is 0. The van der Waals surface area contributed by atoms with Crippen molar-refractivity contribution in [2.45, 2.75) is 12.3 Å².